The first-order valence-corrected chi connectivity index (χ1v) is 7.10. The highest BCUT2D eigenvalue weighted by Gasteiger charge is 2.27. The van der Waals surface area contributed by atoms with E-state index in [1.807, 2.05) is 24.3 Å². The molecule has 1 aliphatic rings. The third-order valence-electron chi connectivity index (χ3n) is 3.70. The highest BCUT2D eigenvalue weighted by Crippen LogP contribution is 2.26. The van der Waals surface area contributed by atoms with Gasteiger partial charge in [0.05, 0.1) is 5.92 Å². The van der Waals surface area contributed by atoms with Crippen LogP contribution in [0.15, 0.2) is 36.4 Å². The fraction of sp³-hybridized carbons (Fsp3) is 0.412. The lowest BCUT2D eigenvalue weighted by atomic mass is 9.83. The first-order chi connectivity index (χ1) is 9.79. The molecule has 0 aromatic heterocycles. The molecule has 2 atom stereocenters. The SMILES string of the molecule is CC(C)(C)c1ccccc1C(=O)NC1C=CC(C(=O)O)C1. The van der Waals surface area contributed by atoms with Crippen LogP contribution in [0.3, 0.4) is 0 Å². The summed E-state index contributed by atoms with van der Waals surface area (Å²) in [6, 6.07) is 7.32. The second-order valence-corrected chi connectivity index (χ2v) is 6.44. The number of carbonyl (C=O) groups excluding carboxylic acids is 1. The molecular formula is C17H21NO3. The van der Waals surface area contributed by atoms with Gasteiger partial charge in [0, 0.05) is 11.6 Å². The van der Waals surface area contributed by atoms with Gasteiger partial charge in [0.15, 0.2) is 0 Å². The summed E-state index contributed by atoms with van der Waals surface area (Å²) in [5.74, 6) is -1.51. The minimum atomic E-state index is -0.849. The molecule has 0 spiro atoms. The molecule has 0 heterocycles. The molecule has 0 aliphatic heterocycles. The lowest BCUT2D eigenvalue weighted by Gasteiger charge is -2.23. The van der Waals surface area contributed by atoms with Crippen molar-refractivity contribution in [1.29, 1.82) is 0 Å². The van der Waals surface area contributed by atoms with E-state index >= 15 is 0 Å². The molecule has 2 rings (SSSR count). The molecule has 1 aliphatic carbocycles. The van der Waals surface area contributed by atoms with E-state index in [-0.39, 0.29) is 17.4 Å². The number of nitrogens with one attached hydrogen (secondary N) is 1. The van der Waals surface area contributed by atoms with Crippen LogP contribution in [0.5, 0.6) is 0 Å². The minimum absolute atomic E-state index is 0.122. The standard InChI is InChI=1S/C17H21NO3/c1-17(2,3)14-7-5-4-6-13(14)15(19)18-12-9-8-11(10-12)16(20)21/h4-9,11-12H,10H2,1-3H3,(H,18,19)(H,20,21). The Bertz CT molecular complexity index is 584. The third kappa shape index (κ3) is 3.51. The lowest BCUT2D eigenvalue weighted by Crippen LogP contribution is -2.34. The molecule has 0 radical (unpaired) electrons. The summed E-state index contributed by atoms with van der Waals surface area (Å²) < 4.78 is 0. The summed E-state index contributed by atoms with van der Waals surface area (Å²) in [5, 5.41) is 11.9. The van der Waals surface area contributed by atoms with Crippen molar-refractivity contribution >= 4 is 11.9 Å². The minimum Gasteiger partial charge on any atom is -0.481 e. The van der Waals surface area contributed by atoms with Crippen LogP contribution >= 0.6 is 0 Å². The number of carboxylic acids is 1. The van der Waals surface area contributed by atoms with Crippen LogP contribution in [-0.4, -0.2) is 23.0 Å². The van der Waals surface area contributed by atoms with Gasteiger partial charge >= 0.3 is 5.97 Å². The summed E-state index contributed by atoms with van der Waals surface area (Å²) in [6.45, 7) is 6.19. The van der Waals surface area contributed by atoms with Crippen LogP contribution in [0.2, 0.25) is 0 Å². The number of carbonyl (C=O) groups is 2. The highest BCUT2D eigenvalue weighted by molar-refractivity contribution is 5.96. The first kappa shape index (κ1) is 15.3. The van der Waals surface area contributed by atoms with E-state index in [0.29, 0.717) is 12.0 Å². The molecule has 1 amide bonds. The van der Waals surface area contributed by atoms with Gasteiger partial charge in [0.2, 0.25) is 0 Å². The number of hydrogen-bond acceptors (Lipinski definition) is 2. The Hall–Kier alpha value is -2.10. The number of aliphatic carboxylic acids is 1. The molecule has 2 unspecified atom stereocenters. The van der Waals surface area contributed by atoms with Crippen LogP contribution in [0.1, 0.15) is 43.1 Å². The quantitative estimate of drug-likeness (QED) is 0.840. The summed E-state index contributed by atoms with van der Waals surface area (Å²) in [7, 11) is 0. The van der Waals surface area contributed by atoms with E-state index in [1.165, 1.54) is 0 Å². The summed E-state index contributed by atoms with van der Waals surface area (Å²) >= 11 is 0. The average molecular weight is 287 g/mol. The van der Waals surface area contributed by atoms with Crippen molar-refractivity contribution in [3.8, 4) is 0 Å². The Morgan fingerprint density at radius 2 is 1.86 bits per heavy atom. The number of carboxylic acid groups (broad SMARTS) is 1. The van der Waals surface area contributed by atoms with Crippen molar-refractivity contribution in [3.63, 3.8) is 0 Å². The Morgan fingerprint density at radius 1 is 1.19 bits per heavy atom. The van der Waals surface area contributed by atoms with Crippen molar-refractivity contribution in [2.75, 3.05) is 0 Å². The summed E-state index contributed by atoms with van der Waals surface area (Å²) in [4.78, 5) is 23.4. The van der Waals surface area contributed by atoms with Crippen LogP contribution in [0.25, 0.3) is 0 Å². The van der Waals surface area contributed by atoms with Gasteiger partial charge in [0.1, 0.15) is 0 Å². The average Bonchev–Trinajstić information content (AvgIpc) is 2.86. The molecule has 1 aromatic rings. The second-order valence-electron chi connectivity index (χ2n) is 6.44. The zero-order valence-electron chi connectivity index (χ0n) is 12.6. The molecular weight excluding hydrogens is 266 g/mol. The number of rotatable bonds is 3. The Morgan fingerprint density at radius 3 is 2.43 bits per heavy atom. The van der Waals surface area contributed by atoms with E-state index in [0.717, 1.165) is 5.56 Å². The zero-order chi connectivity index (χ0) is 15.6. The maximum absolute atomic E-state index is 12.5. The van der Waals surface area contributed by atoms with E-state index in [4.69, 9.17) is 5.11 Å². The number of amides is 1. The van der Waals surface area contributed by atoms with Crippen LogP contribution in [0.4, 0.5) is 0 Å². The Kier molecular flexibility index (Phi) is 4.16. The van der Waals surface area contributed by atoms with Gasteiger partial charge in [-0.25, -0.2) is 0 Å². The zero-order valence-corrected chi connectivity index (χ0v) is 12.6. The normalized spacial score (nSPS) is 21.3. The Balaban J connectivity index is 2.12. The molecule has 4 nitrogen and oxygen atoms in total. The topological polar surface area (TPSA) is 66.4 Å². The van der Waals surface area contributed by atoms with E-state index in [9.17, 15) is 9.59 Å². The monoisotopic (exact) mass is 287 g/mol. The molecule has 0 saturated heterocycles. The smallest absolute Gasteiger partial charge is 0.310 e. The van der Waals surface area contributed by atoms with Crippen molar-refractivity contribution in [3.05, 3.63) is 47.5 Å². The largest absolute Gasteiger partial charge is 0.481 e. The van der Waals surface area contributed by atoms with Gasteiger partial charge in [-0.2, -0.15) is 0 Å². The number of benzene rings is 1. The molecule has 0 saturated carbocycles. The van der Waals surface area contributed by atoms with E-state index in [2.05, 4.69) is 26.1 Å². The summed E-state index contributed by atoms with van der Waals surface area (Å²) in [6.07, 6.45) is 3.82. The van der Waals surface area contributed by atoms with Crippen molar-refractivity contribution in [2.24, 2.45) is 5.92 Å². The van der Waals surface area contributed by atoms with E-state index < -0.39 is 11.9 Å². The van der Waals surface area contributed by atoms with Gasteiger partial charge in [-0.1, -0.05) is 51.1 Å². The maximum atomic E-state index is 12.5. The fourth-order valence-corrected chi connectivity index (χ4v) is 2.57. The van der Waals surface area contributed by atoms with Gasteiger partial charge < -0.3 is 10.4 Å². The van der Waals surface area contributed by atoms with Crippen molar-refractivity contribution < 1.29 is 14.7 Å². The highest BCUT2D eigenvalue weighted by atomic mass is 16.4. The predicted octanol–water partition coefficient (Wildman–Crippen LogP) is 2.74. The van der Waals surface area contributed by atoms with Gasteiger partial charge in [-0.3, -0.25) is 9.59 Å². The molecule has 112 valence electrons. The van der Waals surface area contributed by atoms with E-state index in [1.54, 1.807) is 12.2 Å². The van der Waals surface area contributed by atoms with Crippen LogP contribution in [-0.2, 0) is 10.2 Å². The second kappa shape index (κ2) is 5.72. The van der Waals surface area contributed by atoms with Crippen LogP contribution < -0.4 is 5.32 Å². The molecule has 21 heavy (non-hydrogen) atoms. The predicted molar refractivity (Wildman–Crippen MR) is 81.3 cm³/mol. The molecule has 0 bridgehead atoms. The lowest BCUT2D eigenvalue weighted by molar-refractivity contribution is -0.140. The summed E-state index contributed by atoms with van der Waals surface area (Å²) in [5.41, 5.74) is 1.51. The molecule has 1 aromatic carbocycles. The number of hydrogen-bond donors (Lipinski definition) is 2. The van der Waals surface area contributed by atoms with Gasteiger partial charge in [-0.05, 0) is 23.5 Å². The molecule has 4 heteroatoms. The third-order valence-corrected chi connectivity index (χ3v) is 3.70. The fourth-order valence-electron chi connectivity index (χ4n) is 2.57. The molecule has 2 N–H and O–H groups in total. The Labute approximate surface area is 124 Å². The maximum Gasteiger partial charge on any atom is 0.310 e. The van der Waals surface area contributed by atoms with Crippen LogP contribution in [0, 0.1) is 5.92 Å². The van der Waals surface area contributed by atoms with Crippen molar-refractivity contribution in [1.82, 2.24) is 5.32 Å². The van der Waals surface area contributed by atoms with Crippen molar-refractivity contribution in [2.45, 2.75) is 38.6 Å². The van der Waals surface area contributed by atoms with Gasteiger partial charge in [0.25, 0.3) is 5.91 Å². The first-order valence-electron chi connectivity index (χ1n) is 7.10. The van der Waals surface area contributed by atoms with Gasteiger partial charge in [-0.15, -0.1) is 0 Å². The molecule has 0 fully saturated rings.